The predicted molar refractivity (Wildman–Crippen MR) is 146 cm³/mol. The maximum Gasteiger partial charge on any atom is 0.0725 e. The Bertz CT molecular complexity index is 1880. The quantitative estimate of drug-likeness (QED) is 0.225. The molecule has 9 rings (SSSR count). The fourth-order valence-corrected chi connectivity index (χ4v) is 7.40. The SMILES string of the molecule is c1ccc2c(c1)-c1ccccc1C21c2ccccc2-c2cc3c(cc21)-c1c(cnc2ccccc12)C3. The second-order valence-electron chi connectivity index (χ2n) is 10.3. The van der Waals surface area contributed by atoms with Crippen molar-refractivity contribution in [2.75, 3.05) is 0 Å². The molecule has 3 aliphatic carbocycles. The molecule has 0 bridgehead atoms. The number of rotatable bonds is 0. The Morgan fingerprint density at radius 2 is 1.08 bits per heavy atom. The molecule has 6 aromatic rings. The van der Waals surface area contributed by atoms with Crippen molar-refractivity contribution in [2.45, 2.75) is 11.8 Å². The summed E-state index contributed by atoms with van der Waals surface area (Å²) in [5, 5.41) is 1.26. The van der Waals surface area contributed by atoms with Gasteiger partial charge in [0.05, 0.1) is 10.9 Å². The summed E-state index contributed by atoms with van der Waals surface area (Å²) in [6, 6.07) is 40.7. The Hall–Kier alpha value is -4.49. The molecule has 1 heterocycles. The molecule has 0 aliphatic heterocycles. The van der Waals surface area contributed by atoms with Crippen LogP contribution in [0, 0.1) is 0 Å². The molecule has 0 unspecified atom stereocenters. The Morgan fingerprint density at radius 1 is 0.500 bits per heavy atom. The summed E-state index contributed by atoms with van der Waals surface area (Å²) in [5.74, 6) is 0. The average Bonchev–Trinajstić information content (AvgIpc) is 3.55. The minimum Gasteiger partial charge on any atom is -0.256 e. The second-order valence-corrected chi connectivity index (χ2v) is 10.3. The average molecular weight is 456 g/mol. The Kier molecular flexibility index (Phi) is 3.33. The van der Waals surface area contributed by atoms with E-state index < -0.39 is 0 Å². The van der Waals surface area contributed by atoms with E-state index in [2.05, 4.69) is 115 Å². The van der Waals surface area contributed by atoms with Gasteiger partial charge < -0.3 is 0 Å². The van der Waals surface area contributed by atoms with Crippen LogP contribution in [0.25, 0.3) is 44.3 Å². The van der Waals surface area contributed by atoms with Crippen molar-refractivity contribution in [3.63, 3.8) is 0 Å². The van der Waals surface area contributed by atoms with Crippen LogP contribution in [0.3, 0.4) is 0 Å². The minimum absolute atomic E-state index is 0.292. The van der Waals surface area contributed by atoms with Gasteiger partial charge in [-0.05, 0) is 85.0 Å². The Labute approximate surface area is 209 Å². The van der Waals surface area contributed by atoms with Gasteiger partial charge in [0.1, 0.15) is 0 Å². The fourth-order valence-electron chi connectivity index (χ4n) is 7.40. The molecular formula is C35H21N. The van der Waals surface area contributed by atoms with Gasteiger partial charge in [0, 0.05) is 18.0 Å². The first-order valence-corrected chi connectivity index (χ1v) is 12.7. The molecule has 0 N–H and O–H groups in total. The van der Waals surface area contributed by atoms with Crippen molar-refractivity contribution in [1.29, 1.82) is 0 Å². The van der Waals surface area contributed by atoms with E-state index in [1.807, 2.05) is 0 Å². The largest absolute Gasteiger partial charge is 0.256 e. The lowest BCUT2D eigenvalue weighted by atomic mass is 9.70. The number of aromatic nitrogens is 1. The molecule has 36 heavy (non-hydrogen) atoms. The lowest BCUT2D eigenvalue weighted by molar-refractivity contribution is 0.794. The molecule has 1 heteroatoms. The van der Waals surface area contributed by atoms with E-state index in [1.54, 1.807) is 0 Å². The van der Waals surface area contributed by atoms with Crippen molar-refractivity contribution < 1.29 is 0 Å². The van der Waals surface area contributed by atoms with E-state index in [4.69, 9.17) is 4.98 Å². The number of hydrogen-bond donors (Lipinski definition) is 0. The van der Waals surface area contributed by atoms with Crippen LogP contribution in [0.15, 0.2) is 115 Å². The molecule has 3 aliphatic rings. The highest BCUT2D eigenvalue weighted by Gasteiger charge is 2.51. The van der Waals surface area contributed by atoms with E-state index >= 15 is 0 Å². The molecule has 0 saturated heterocycles. The lowest BCUT2D eigenvalue weighted by Gasteiger charge is -2.30. The van der Waals surface area contributed by atoms with Crippen LogP contribution in [0.5, 0.6) is 0 Å². The van der Waals surface area contributed by atoms with Gasteiger partial charge in [-0.2, -0.15) is 0 Å². The molecule has 0 saturated carbocycles. The van der Waals surface area contributed by atoms with Gasteiger partial charge in [-0.25, -0.2) is 0 Å². The molecule has 1 spiro atoms. The Morgan fingerprint density at radius 3 is 1.78 bits per heavy atom. The highest BCUT2D eigenvalue weighted by Crippen LogP contribution is 2.63. The number of pyridine rings is 1. The lowest BCUT2D eigenvalue weighted by Crippen LogP contribution is -2.25. The van der Waals surface area contributed by atoms with Crippen LogP contribution < -0.4 is 0 Å². The standard InChI is InChI=1S/C35H21N/c1-5-13-29-23(9-1)24-10-2-6-14-30(24)35(29)31-15-7-3-11-25(31)28-18-21-17-22-20-36-33-16-8-4-12-26(33)34(22)27(21)19-32(28)35/h1-16,18-20H,17H2. The summed E-state index contributed by atoms with van der Waals surface area (Å²) in [5.41, 5.74) is 17.3. The van der Waals surface area contributed by atoms with E-state index in [-0.39, 0.29) is 5.41 Å². The number of nitrogens with zero attached hydrogens (tertiary/aromatic N) is 1. The second kappa shape index (κ2) is 6.38. The van der Waals surface area contributed by atoms with Crippen molar-refractivity contribution in [3.8, 4) is 33.4 Å². The number of hydrogen-bond acceptors (Lipinski definition) is 1. The smallest absolute Gasteiger partial charge is 0.0725 e. The Balaban J connectivity index is 1.45. The summed E-state index contributed by atoms with van der Waals surface area (Å²) in [6.07, 6.45) is 3.03. The normalized spacial score (nSPS) is 14.8. The molecule has 0 fully saturated rings. The molecule has 0 amide bonds. The third-order valence-corrected chi connectivity index (χ3v) is 8.73. The highest BCUT2D eigenvalue weighted by molar-refractivity contribution is 6.02. The summed E-state index contributed by atoms with van der Waals surface area (Å²) in [6.45, 7) is 0. The van der Waals surface area contributed by atoms with E-state index in [0.717, 1.165) is 11.9 Å². The van der Waals surface area contributed by atoms with E-state index in [9.17, 15) is 0 Å². The van der Waals surface area contributed by atoms with Crippen molar-refractivity contribution in [1.82, 2.24) is 4.98 Å². The highest BCUT2D eigenvalue weighted by atomic mass is 14.7. The number of para-hydroxylation sites is 1. The van der Waals surface area contributed by atoms with Crippen LogP contribution >= 0.6 is 0 Å². The van der Waals surface area contributed by atoms with Gasteiger partial charge in [0.2, 0.25) is 0 Å². The zero-order valence-electron chi connectivity index (χ0n) is 19.6. The third-order valence-electron chi connectivity index (χ3n) is 8.73. The van der Waals surface area contributed by atoms with Gasteiger partial charge in [-0.3, -0.25) is 4.98 Å². The molecule has 5 aromatic carbocycles. The zero-order valence-corrected chi connectivity index (χ0v) is 19.6. The topological polar surface area (TPSA) is 12.9 Å². The summed E-state index contributed by atoms with van der Waals surface area (Å²) >= 11 is 0. The molecule has 0 radical (unpaired) electrons. The third kappa shape index (κ3) is 2.04. The number of fused-ring (bicyclic) bond motifs is 15. The maximum absolute atomic E-state index is 4.78. The maximum atomic E-state index is 4.78. The van der Waals surface area contributed by atoms with E-state index in [1.165, 1.54) is 72.1 Å². The first-order chi connectivity index (χ1) is 17.9. The molecule has 1 nitrogen and oxygen atoms in total. The molecule has 166 valence electrons. The van der Waals surface area contributed by atoms with Gasteiger partial charge in [-0.15, -0.1) is 0 Å². The minimum atomic E-state index is -0.292. The summed E-state index contributed by atoms with van der Waals surface area (Å²) in [7, 11) is 0. The molecule has 1 aromatic heterocycles. The number of benzene rings is 5. The summed E-state index contributed by atoms with van der Waals surface area (Å²) in [4.78, 5) is 4.78. The predicted octanol–water partition coefficient (Wildman–Crippen LogP) is 8.15. The van der Waals surface area contributed by atoms with Gasteiger partial charge >= 0.3 is 0 Å². The van der Waals surface area contributed by atoms with Gasteiger partial charge in [0.25, 0.3) is 0 Å². The van der Waals surface area contributed by atoms with Crippen molar-refractivity contribution in [2.24, 2.45) is 0 Å². The van der Waals surface area contributed by atoms with E-state index in [0.29, 0.717) is 0 Å². The monoisotopic (exact) mass is 455 g/mol. The first kappa shape index (κ1) is 18.8. The van der Waals surface area contributed by atoms with Gasteiger partial charge in [-0.1, -0.05) is 91.0 Å². The zero-order chi connectivity index (χ0) is 23.4. The first-order valence-electron chi connectivity index (χ1n) is 12.7. The van der Waals surface area contributed by atoms with Crippen LogP contribution in [0.1, 0.15) is 33.4 Å². The van der Waals surface area contributed by atoms with Crippen LogP contribution in [0.4, 0.5) is 0 Å². The summed E-state index contributed by atoms with van der Waals surface area (Å²) < 4.78 is 0. The van der Waals surface area contributed by atoms with Crippen molar-refractivity contribution >= 4 is 10.9 Å². The molecule has 0 atom stereocenters. The van der Waals surface area contributed by atoms with Crippen LogP contribution in [-0.4, -0.2) is 4.98 Å². The molecular weight excluding hydrogens is 434 g/mol. The van der Waals surface area contributed by atoms with Crippen LogP contribution in [-0.2, 0) is 11.8 Å². The fraction of sp³-hybridized carbons (Fsp3) is 0.0571. The van der Waals surface area contributed by atoms with Gasteiger partial charge in [0.15, 0.2) is 0 Å². The van der Waals surface area contributed by atoms with Crippen molar-refractivity contribution in [3.05, 3.63) is 149 Å². The van der Waals surface area contributed by atoms with Crippen LogP contribution in [0.2, 0.25) is 0 Å².